The lowest BCUT2D eigenvalue weighted by atomic mass is 10.1. The van der Waals surface area contributed by atoms with Gasteiger partial charge in [0.1, 0.15) is 9.52 Å². The maximum Gasteiger partial charge on any atom is 0.203 e. The number of hydrogen-bond acceptors (Lipinski definition) is 3. The molecule has 0 aromatic heterocycles. The molecule has 2 aromatic carbocycles. The van der Waals surface area contributed by atoms with Crippen molar-refractivity contribution in [3.63, 3.8) is 0 Å². The Labute approximate surface area is 191 Å². The predicted molar refractivity (Wildman–Crippen MR) is 134 cm³/mol. The minimum absolute atomic E-state index is 0.488. The van der Waals surface area contributed by atoms with Gasteiger partial charge >= 0.3 is 0 Å². The van der Waals surface area contributed by atoms with Crippen molar-refractivity contribution < 1.29 is 14.2 Å². The molecule has 0 aliphatic rings. The molecule has 2 rings (SSSR count). The average molecular weight is 439 g/mol. The summed E-state index contributed by atoms with van der Waals surface area (Å²) in [6.45, 7) is 14.6. The van der Waals surface area contributed by atoms with Gasteiger partial charge in [-0.1, -0.05) is 87.7 Å². The van der Waals surface area contributed by atoms with Crippen molar-refractivity contribution in [2.75, 3.05) is 19.8 Å². The number of ether oxygens (including phenoxy) is 3. The molecule has 31 heavy (non-hydrogen) atoms. The molecule has 168 valence electrons. The second-order valence-electron chi connectivity index (χ2n) is 7.86. The maximum absolute atomic E-state index is 6.31. The number of hydrogen-bond donors (Lipinski definition) is 0. The first-order valence-corrected chi connectivity index (χ1v) is 12.7. The molecule has 2 aromatic rings. The molecule has 0 fully saturated rings. The standard InChI is InChI=1S/C27H38O3Si/c1-6-9-18-28-24-16-17-25(31-23-14-12-22(13-15-23)21(4)5)27(30-20-11-8-3)26(24)29-19-10-7-2/h12-17H,4,6-11,18-20H2,1-3,5H3. The molecule has 0 aliphatic carbocycles. The van der Waals surface area contributed by atoms with Gasteiger partial charge in [-0.3, -0.25) is 0 Å². The molecule has 4 heteroatoms. The van der Waals surface area contributed by atoms with Crippen molar-refractivity contribution >= 4 is 25.5 Å². The Kier molecular flexibility index (Phi) is 11.3. The highest BCUT2D eigenvalue weighted by atomic mass is 28.2. The van der Waals surface area contributed by atoms with Crippen LogP contribution in [0.2, 0.25) is 0 Å². The number of rotatable bonds is 15. The second kappa shape index (κ2) is 14.0. The molecule has 2 radical (unpaired) electrons. The van der Waals surface area contributed by atoms with Gasteiger partial charge in [0, 0.05) is 0 Å². The molecule has 0 saturated heterocycles. The highest BCUT2D eigenvalue weighted by Gasteiger charge is 2.19. The van der Waals surface area contributed by atoms with Gasteiger partial charge in [-0.2, -0.15) is 0 Å². The summed E-state index contributed by atoms with van der Waals surface area (Å²) >= 11 is 0. The van der Waals surface area contributed by atoms with E-state index in [1.54, 1.807) is 0 Å². The topological polar surface area (TPSA) is 27.7 Å². The van der Waals surface area contributed by atoms with Crippen molar-refractivity contribution in [1.29, 1.82) is 0 Å². The number of benzene rings is 2. The van der Waals surface area contributed by atoms with Crippen LogP contribution >= 0.6 is 0 Å². The van der Waals surface area contributed by atoms with Crippen molar-refractivity contribution in [3.8, 4) is 17.2 Å². The Bertz CT molecular complexity index is 799. The number of allylic oxidation sites excluding steroid dienone is 1. The highest BCUT2D eigenvalue weighted by molar-refractivity contribution is 6.68. The zero-order valence-corrected chi connectivity index (χ0v) is 20.8. The summed E-state index contributed by atoms with van der Waals surface area (Å²) in [5, 5.41) is 2.43. The van der Waals surface area contributed by atoms with Crippen molar-refractivity contribution in [1.82, 2.24) is 0 Å². The van der Waals surface area contributed by atoms with Gasteiger partial charge in [0.15, 0.2) is 11.5 Å². The summed E-state index contributed by atoms with van der Waals surface area (Å²) < 4.78 is 18.6. The van der Waals surface area contributed by atoms with Crippen LogP contribution in [0.5, 0.6) is 17.2 Å². The molecule has 0 atom stereocenters. The largest absolute Gasteiger partial charge is 0.490 e. The Hall–Kier alpha value is -2.20. The van der Waals surface area contributed by atoms with Crippen molar-refractivity contribution in [2.45, 2.75) is 66.2 Å². The minimum atomic E-state index is 0.488. The van der Waals surface area contributed by atoms with Gasteiger partial charge < -0.3 is 14.2 Å². The Morgan fingerprint density at radius 3 is 1.84 bits per heavy atom. The lowest BCUT2D eigenvalue weighted by Crippen LogP contribution is -2.29. The molecule has 0 bridgehead atoms. The van der Waals surface area contributed by atoms with Gasteiger partial charge in [-0.25, -0.2) is 0 Å². The first kappa shape index (κ1) is 25.1. The minimum Gasteiger partial charge on any atom is -0.490 e. The van der Waals surface area contributed by atoms with Crippen LogP contribution in [0.1, 0.15) is 71.8 Å². The molecular formula is C27H38O3Si. The fourth-order valence-corrected chi connectivity index (χ4v) is 4.10. The third-order valence-corrected chi connectivity index (χ3v) is 6.26. The van der Waals surface area contributed by atoms with Crippen LogP contribution in [0.25, 0.3) is 5.57 Å². The van der Waals surface area contributed by atoms with E-state index in [4.69, 9.17) is 14.2 Å². The molecule has 0 unspecified atom stereocenters. The zero-order chi connectivity index (χ0) is 22.5. The van der Waals surface area contributed by atoms with Crippen molar-refractivity contribution in [3.05, 3.63) is 48.5 Å². The van der Waals surface area contributed by atoms with Gasteiger partial charge in [0.2, 0.25) is 5.75 Å². The maximum atomic E-state index is 6.31. The van der Waals surface area contributed by atoms with Gasteiger partial charge in [-0.15, -0.1) is 0 Å². The van der Waals surface area contributed by atoms with E-state index >= 15 is 0 Å². The van der Waals surface area contributed by atoms with E-state index in [-0.39, 0.29) is 0 Å². The van der Waals surface area contributed by atoms with E-state index in [0.717, 1.165) is 66.5 Å². The Balaban J connectivity index is 2.36. The first-order valence-electron chi connectivity index (χ1n) is 11.7. The van der Waals surface area contributed by atoms with E-state index in [0.29, 0.717) is 29.3 Å². The highest BCUT2D eigenvalue weighted by Crippen LogP contribution is 2.36. The van der Waals surface area contributed by atoms with Crippen LogP contribution in [0, 0.1) is 0 Å². The van der Waals surface area contributed by atoms with E-state index in [1.165, 1.54) is 10.8 Å². The summed E-state index contributed by atoms with van der Waals surface area (Å²) in [6, 6.07) is 12.8. The SMILES string of the molecule is C=C(C)c1ccc([Si]c2ccc(OCCCC)c(OCCCC)c2OCCCC)cc1. The van der Waals surface area contributed by atoms with Crippen LogP contribution in [0.3, 0.4) is 0 Å². The van der Waals surface area contributed by atoms with Gasteiger partial charge in [-0.05, 0) is 43.0 Å². The van der Waals surface area contributed by atoms with E-state index in [9.17, 15) is 0 Å². The lowest BCUT2D eigenvalue weighted by Gasteiger charge is -2.20. The fraction of sp³-hybridized carbons (Fsp3) is 0.481. The zero-order valence-electron chi connectivity index (χ0n) is 19.8. The predicted octanol–water partition coefficient (Wildman–Crippen LogP) is 5.91. The molecular weight excluding hydrogens is 400 g/mol. The van der Waals surface area contributed by atoms with Crippen LogP contribution in [0.4, 0.5) is 0 Å². The first-order chi connectivity index (χ1) is 15.1. The Morgan fingerprint density at radius 2 is 1.29 bits per heavy atom. The summed E-state index contributed by atoms with van der Waals surface area (Å²) in [5.74, 6) is 2.41. The molecule has 0 spiro atoms. The molecule has 0 amide bonds. The summed E-state index contributed by atoms with van der Waals surface area (Å²) in [7, 11) is 0.488. The van der Waals surface area contributed by atoms with Crippen LogP contribution < -0.4 is 24.6 Å². The molecule has 0 saturated carbocycles. The molecule has 3 nitrogen and oxygen atoms in total. The Morgan fingerprint density at radius 1 is 0.742 bits per heavy atom. The van der Waals surface area contributed by atoms with Gasteiger partial charge in [0.25, 0.3) is 0 Å². The summed E-state index contributed by atoms with van der Waals surface area (Å²) in [6.07, 6.45) is 6.35. The average Bonchev–Trinajstić information content (AvgIpc) is 2.77. The number of unbranched alkanes of at least 4 members (excludes halogenated alkanes) is 3. The third-order valence-electron chi connectivity index (χ3n) is 4.98. The summed E-state index contributed by atoms with van der Waals surface area (Å²) in [5.41, 5.74) is 2.26. The monoisotopic (exact) mass is 438 g/mol. The van der Waals surface area contributed by atoms with Gasteiger partial charge in [0.05, 0.1) is 19.8 Å². The van der Waals surface area contributed by atoms with Crippen molar-refractivity contribution in [2.24, 2.45) is 0 Å². The normalized spacial score (nSPS) is 10.7. The molecule has 0 heterocycles. The molecule has 0 aliphatic heterocycles. The second-order valence-corrected chi connectivity index (χ2v) is 9.22. The fourth-order valence-electron chi connectivity index (χ4n) is 2.99. The van der Waals surface area contributed by atoms with Crippen LogP contribution in [0.15, 0.2) is 43.0 Å². The van der Waals surface area contributed by atoms with E-state index in [1.807, 2.05) is 13.0 Å². The van der Waals surface area contributed by atoms with Crippen LogP contribution in [-0.2, 0) is 0 Å². The quantitative estimate of drug-likeness (QED) is 0.255. The van der Waals surface area contributed by atoms with Crippen LogP contribution in [-0.4, -0.2) is 29.3 Å². The van der Waals surface area contributed by atoms with E-state index < -0.39 is 0 Å². The molecule has 0 N–H and O–H groups in total. The third kappa shape index (κ3) is 8.10. The van der Waals surface area contributed by atoms with E-state index in [2.05, 4.69) is 57.7 Å². The summed E-state index contributed by atoms with van der Waals surface area (Å²) in [4.78, 5) is 0. The lowest BCUT2D eigenvalue weighted by molar-refractivity contribution is 0.238. The smallest absolute Gasteiger partial charge is 0.203 e.